The van der Waals surface area contributed by atoms with Crippen LogP contribution in [0.4, 0.5) is 4.39 Å². The number of ether oxygens (including phenoxy) is 2. The van der Waals surface area contributed by atoms with Crippen molar-refractivity contribution in [1.82, 2.24) is 20.4 Å². The molecule has 8 fully saturated rings. The second-order valence-corrected chi connectivity index (χ2v) is 15.0. The Morgan fingerprint density at radius 3 is 1.51 bits per heavy atom. The van der Waals surface area contributed by atoms with Gasteiger partial charge in [0.05, 0.1) is 23.4 Å². The van der Waals surface area contributed by atoms with Crippen molar-refractivity contribution in [3.8, 4) is 6.07 Å². The van der Waals surface area contributed by atoms with Crippen molar-refractivity contribution in [2.75, 3.05) is 45.9 Å². The average Bonchev–Trinajstić information content (AvgIpc) is 3.81. The Balaban J connectivity index is 0.000000258. The summed E-state index contributed by atoms with van der Waals surface area (Å²) in [6, 6.07) is 1.30. The molecule has 2 N–H and O–H groups in total. The second-order valence-electron chi connectivity index (χ2n) is 15.0. The summed E-state index contributed by atoms with van der Waals surface area (Å²) >= 11 is 0. The van der Waals surface area contributed by atoms with Crippen LogP contribution in [0.15, 0.2) is 12.2 Å². The van der Waals surface area contributed by atoms with Gasteiger partial charge in [-0.2, -0.15) is 5.26 Å². The third-order valence-electron chi connectivity index (χ3n) is 12.1. The van der Waals surface area contributed by atoms with Crippen LogP contribution in [0.2, 0.25) is 0 Å². The van der Waals surface area contributed by atoms with E-state index in [9.17, 15) is 23.6 Å². The molecule has 2 saturated heterocycles. The van der Waals surface area contributed by atoms with E-state index in [0.717, 1.165) is 110 Å². The maximum absolute atomic E-state index is 12.8. The van der Waals surface area contributed by atoms with Gasteiger partial charge >= 0.3 is 11.9 Å². The first kappa shape index (κ1) is 38.8. The first-order valence-corrected chi connectivity index (χ1v) is 18.6. The molecule has 8 aliphatic rings. The number of fused-ring (bicyclic) bond motifs is 6. The molecule has 2 unspecified atom stereocenters. The number of halogens is 1. The number of alkyl halides is 1. The molecule has 6 aliphatic carbocycles. The van der Waals surface area contributed by atoms with Crippen molar-refractivity contribution < 1.29 is 33.0 Å². The largest absolute Gasteiger partial charge is 0.461 e. The Morgan fingerprint density at radius 2 is 1.20 bits per heavy atom. The van der Waals surface area contributed by atoms with Crippen LogP contribution in [-0.4, -0.2) is 104 Å². The molecule has 2 amide bonds. The van der Waals surface area contributed by atoms with E-state index in [0.29, 0.717) is 6.41 Å². The van der Waals surface area contributed by atoms with Crippen LogP contribution < -0.4 is 10.6 Å². The molecule has 0 aromatic heterocycles. The minimum atomic E-state index is -1.02. The van der Waals surface area contributed by atoms with E-state index in [1.807, 2.05) is 18.2 Å². The van der Waals surface area contributed by atoms with Crippen molar-refractivity contribution in [2.24, 2.45) is 10.8 Å². The normalized spacial score (nSPS) is 34.3. The molecule has 6 saturated carbocycles. The Morgan fingerprint density at radius 1 is 0.776 bits per heavy atom. The highest BCUT2D eigenvalue weighted by molar-refractivity contribution is 5.78. The van der Waals surface area contributed by atoms with E-state index in [2.05, 4.69) is 24.5 Å². The van der Waals surface area contributed by atoms with Crippen LogP contribution in [0.1, 0.15) is 110 Å². The van der Waals surface area contributed by atoms with Gasteiger partial charge in [0, 0.05) is 30.6 Å². The summed E-state index contributed by atoms with van der Waals surface area (Å²) in [5.74, 6) is -0.0900. The van der Waals surface area contributed by atoms with Crippen LogP contribution in [0, 0.1) is 22.2 Å². The zero-order chi connectivity index (χ0) is 35.4. The number of rotatable bonds is 12. The number of carbonyl (C=O) groups excluding carboxylic acids is 4. The lowest BCUT2D eigenvalue weighted by molar-refractivity contribution is -0.163. The number of esters is 2. The zero-order valence-electron chi connectivity index (χ0n) is 29.7. The van der Waals surface area contributed by atoms with Gasteiger partial charge in [-0.3, -0.25) is 19.2 Å². The minimum absolute atomic E-state index is 0.0450. The zero-order valence-corrected chi connectivity index (χ0v) is 29.7. The van der Waals surface area contributed by atoms with Crippen molar-refractivity contribution >= 4 is 24.8 Å². The van der Waals surface area contributed by atoms with Crippen LogP contribution in [0.25, 0.3) is 0 Å². The summed E-state index contributed by atoms with van der Waals surface area (Å²) in [4.78, 5) is 48.6. The van der Waals surface area contributed by atoms with E-state index >= 15 is 0 Å². The molecule has 2 aliphatic heterocycles. The maximum atomic E-state index is 12.8. The monoisotopic (exact) mass is 687 g/mol. The predicted molar refractivity (Wildman–Crippen MR) is 183 cm³/mol. The van der Waals surface area contributed by atoms with Gasteiger partial charge in [0.1, 0.15) is 25.4 Å². The first-order chi connectivity index (χ1) is 23.6. The second kappa shape index (κ2) is 17.8. The van der Waals surface area contributed by atoms with E-state index in [1.165, 1.54) is 17.7 Å². The molecule has 12 heteroatoms. The highest BCUT2D eigenvalue weighted by Gasteiger charge is 2.54. The van der Waals surface area contributed by atoms with Gasteiger partial charge in [-0.15, -0.1) is 0 Å². The SMILES string of the molecule is CCNC12CCC(C(=O)OC/C=C/COC(=O)C34CCC(NCC)(CC3)CC4)(CC1)CC2.N#CC1CC(F)CN1C=O.O=CN1CCCC1. The summed E-state index contributed by atoms with van der Waals surface area (Å²) in [6.45, 7) is 8.83. The van der Waals surface area contributed by atoms with Gasteiger partial charge in [-0.05, 0) is 115 Å². The number of hydrogen-bond donors (Lipinski definition) is 2. The fourth-order valence-electron chi connectivity index (χ4n) is 8.85. The van der Waals surface area contributed by atoms with Crippen molar-refractivity contribution in [3.63, 3.8) is 0 Å². The molecule has 11 nitrogen and oxygen atoms in total. The molecule has 0 spiro atoms. The molecule has 2 atom stereocenters. The molecule has 274 valence electrons. The number of nitrogens with zero attached hydrogens (tertiary/aromatic N) is 3. The predicted octanol–water partition coefficient (Wildman–Crippen LogP) is 4.35. The maximum Gasteiger partial charge on any atom is 0.312 e. The fourth-order valence-corrected chi connectivity index (χ4v) is 8.85. The number of likely N-dealkylation sites (tertiary alicyclic amines) is 2. The summed E-state index contributed by atoms with van der Waals surface area (Å²) in [7, 11) is 0. The highest BCUT2D eigenvalue weighted by atomic mass is 19.1. The Kier molecular flexibility index (Phi) is 14.0. The van der Waals surface area contributed by atoms with Crippen LogP contribution in [0.5, 0.6) is 0 Å². The minimum Gasteiger partial charge on any atom is -0.461 e. The highest BCUT2D eigenvalue weighted by Crippen LogP contribution is 2.54. The van der Waals surface area contributed by atoms with Crippen LogP contribution in [-0.2, 0) is 28.7 Å². The summed E-state index contributed by atoms with van der Waals surface area (Å²) < 4.78 is 23.7. The molecule has 8 rings (SSSR count). The number of nitriles is 1. The van der Waals surface area contributed by atoms with Gasteiger partial charge in [-0.25, -0.2) is 4.39 Å². The van der Waals surface area contributed by atoms with Gasteiger partial charge < -0.3 is 29.9 Å². The fraction of sp³-hybridized carbons (Fsp3) is 0.811. The smallest absolute Gasteiger partial charge is 0.312 e. The first-order valence-electron chi connectivity index (χ1n) is 18.6. The number of amides is 2. The molecule has 0 radical (unpaired) electrons. The number of hydrogen-bond acceptors (Lipinski definition) is 9. The Bertz CT molecular complexity index is 1090. The number of nitrogens with one attached hydrogen (secondary N) is 2. The lowest BCUT2D eigenvalue weighted by Crippen LogP contribution is -2.57. The standard InChI is InChI=1S/C26H42N2O4.C6H7FN2O.C5H9NO/c1-3-27-25-13-7-23(8-14-25,9-15-25)21(29)31-19-5-6-20-32-22(30)24-10-16-26(17-11-24,18-12-24)28-4-2;7-5-1-6(2-8)9(3-5)4-10;7-5-6-3-1-2-4-6/h5-6,27-28H,3-4,7-20H2,1-2H3;4-6H,1,3H2;5H,1-4H2/b6-5+;;. The van der Waals surface area contributed by atoms with Gasteiger partial charge in [0.2, 0.25) is 12.8 Å². The van der Waals surface area contributed by atoms with Crippen LogP contribution in [0.3, 0.4) is 0 Å². The molecule has 4 bridgehead atoms. The van der Waals surface area contributed by atoms with Crippen LogP contribution >= 0.6 is 0 Å². The third kappa shape index (κ3) is 9.60. The Labute approximate surface area is 291 Å². The average molecular weight is 688 g/mol. The van der Waals surface area contributed by atoms with E-state index in [4.69, 9.17) is 14.7 Å². The summed E-state index contributed by atoms with van der Waals surface area (Å²) in [5.41, 5.74) is -0.0453. The molecule has 2 heterocycles. The molecular weight excluding hydrogens is 629 g/mol. The van der Waals surface area contributed by atoms with Gasteiger partial charge in [0.25, 0.3) is 0 Å². The van der Waals surface area contributed by atoms with Gasteiger partial charge in [0.15, 0.2) is 0 Å². The molecular formula is C37H58FN5O6. The Hall–Kier alpha value is -3.04. The van der Waals surface area contributed by atoms with Crippen molar-refractivity contribution in [3.05, 3.63) is 12.2 Å². The summed E-state index contributed by atoms with van der Waals surface area (Å²) in [6.07, 6.45) is 18.6. The molecule has 0 aromatic rings. The lowest BCUT2D eigenvalue weighted by Gasteiger charge is -2.52. The third-order valence-corrected chi connectivity index (χ3v) is 12.1. The molecule has 49 heavy (non-hydrogen) atoms. The number of carbonyl (C=O) groups is 4. The van der Waals surface area contributed by atoms with Crippen molar-refractivity contribution in [1.29, 1.82) is 5.26 Å². The lowest BCUT2D eigenvalue weighted by atomic mass is 9.57. The van der Waals surface area contributed by atoms with E-state index < -0.39 is 12.2 Å². The van der Waals surface area contributed by atoms with E-state index in [-0.39, 0.29) is 60.0 Å². The quantitative estimate of drug-likeness (QED) is 0.174. The molecule has 0 aromatic carbocycles. The van der Waals surface area contributed by atoms with E-state index in [1.54, 1.807) is 4.90 Å². The topological polar surface area (TPSA) is 141 Å². The van der Waals surface area contributed by atoms with Crippen molar-refractivity contribution in [2.45, 2.75) is 133 Å². The van der Waals surface area contributed by atoms with Gasteiger partial charge in [-0.1, -0.05) is 13.8 Å². The summed E-state index contributed by atoms with van der Waals surface area (Å²) in [5, 5.41) is 15.7.